The average molecular weight is 559 g/mol. The Hall–Kier alpha value is -3.04. The van der Waals surface area contributed by atoms with Crippen LogP contribution in [0.5, 0.6) is 5.75 Å². The van der Waals surface area contributed by atoms with Crippen molar-refractivity contribution in [2.75, 3.05) is 35.8 Å². The number of rotatable bonds is 7. The largest absolute Gasteiger partial charge is 0.484 e. The number of carbonyl (C=O) groups is 2. The molecule has 3 aromatic carbocycles. The first-order chi connectivity index (χ1) is 17.2. The summed E-state index contributed by atoms with van der Waals surface area (Å²) in [4.78, 5) is 29.4. The molecule has 0 atom stereocenters. The van der Waals surface area contributed by atoms with Gasteiger partial charge >= 0.3 is 0 Å². The first kappa shape index (κ1) is 26.0. The number of benzene rings is 3. The van der Waals surface area contributed by atoms with E-state index in [1.54, 1.807) is 42.5 Å². The van der Waals surface area contributed by atoms with Crippen molar-refractivity contribution in [3.63, 3.8) is 0 Å². The minimum atomic E-state index is -0.370. The molecule has 0 spiro atoms. The molecule has 36 heavy (non-hydrogen) atoms. The van der Waals surface area contributed by atoms with Crippen LogP contribution in [0.25, 0.3) is 6.08 Å². The maximum Gasteiger partial charge on any atom is 0.270 e. The van der Waals surface area contributed by atoms with Crippen molar-refractivity contribution >= 4 is 86.5 Å². The van der Waals surface area contributed by atoms with Gasteiger partial charge in [-0.15, -0.1) is 0 Å². The topological polar surface area (TPSA) is 61.9 Å². The molecule has 0 aliphatic carbocycles. The molecule has 0 bridgehead atoms. The summed E-state index contributed by atoms with van der Waals surface area (Å²) in [5.41, 5.74) is 2.94. The molecule has 10 heteroatoms. The van der Waals surface area contributed by atoms with Crippen LogP contribution in [0.1, 0.15) is 5.56 Å². The van der Waals surface area contributed by atoms with Gasteiger partial charge in [-0.25, -0.2) is 0 Å². The predicted octanol–water partition coefficient (Wildman–Crippen LogP) is 6.48. The molecule has 1 fully saturated rings. The molecule has 6 nitrogen and oxygen atoms in total. The number of halogens is 2. The number of nitrogens with one attached hydrogen (secondary N) is 1. The normalized spacial score (nSPS) is 14.3. The molecule has 3 aromatic rings. The Morgan fingerprint density at radius 2 is 1.86 bits per heavy atom. The minimum absolute atomic E-state index is 0.187. The van der Waals surface area contributed by atoms with Crippen molar-refractivity contribution in [3.8, 4) is 5.75 Å². The Balaban J connectivity index is 1.42. The highest BCUT2D eigenvalue weighted by Crippen LogP contribution is 2.36. The molecule has 0 aromatic heterocycles. The highest BCUT2D eigenvalue weighted by Gasteiger charge is 2.33. The van der Waals surface area contributed by atoms with Crippen LogP contribution in [-0.2, 0) is 9.59 Å². The van der Waals surface area contributed by atoms with Crippen LogP contribution in [0.15, 0.2) is 71.6 Å². The quantitative estimate of drug-likeness (QED) is 0.265. The Bertz CT molecular complexity index is 1360. The molecule has 4 rings (SSSR count). The monoisotopic (exact) mass is 557 g/mol. The molecule has 1 heterocycles. The third-order valence-electron chi connectivity index (χ3n) is 5.15. The fourth-order valence-corrected chi connectivity index (χ4v) is 5.12. The standard InChI is InChI=1S/C26H21Cl2N3O3S2/c1-30(2)18-7-9-19(10-8-18)31-25(33)23(36-26(31)35)13-16-4-3-5-20(12-16)34-15-24(32)29-22-11-6-17(27)14-21(22)28/h3-14H,15H2,1-2H3,(H,29,32)/b23-13-. The van der Waals surface area contributed by atoms with Crippen molar-refractivity contribution in [1.82, 2.24) is 0 Å². The van der Waals surface area contributed by atoms with Crippen molar-refractivity contribution in [2.45, 2.75) is 0 Å². The van der Waals surface area contributed by atoms with Crippen LogP contribution in [0.3, 0.4) is 0 Å². The summed E-state index contributed by atoms with van der Waals surface area (Å²) in [7, 11) is 3.91. The lowest BCUT2D eigenvalue weighted by Crippen LogP contribution is -2.27. The van der Waals surface area contributed by atoms with E-state index in [4.69, 9.17) is 40.2 Å². The zero-order valence-corrected chi connectivity index (χ0v) is 22.5. The maximum atomic E-state index is 13.1. The molecule has 1 saturated heterocycles. The van der Waals surface area contributed by atoms with E-state index in [-0.39, 0.29) is 18.4 Å². The molecule has 1 aliphatic rings. The summed E-state index contributed by atoms with van der Waals surface area (Å²) < 4.78 is 6.10. The van der Waals surface area contributed by atoms with E-state index in [1.165, 1.54) is 16.7 Å². The Morgan fingerprint density at radius 3 is 2.56 bits per heavy atom. The van der Waals surface area contributed by atoms with Crippen LogP contribution in [0, 0.1) is 0 Å². The number of hydrogen-bond acceptors (Lipinski definition) is 6. The fourth-order valence-electron chi connectivity index (χ4n) is 3.36. The number of ether oxygens (including phenoxy) is 1. The summed E-state index contributed by atoms with van der Waals surface area (Å²) >= 11 is 18.7. The maximum absolute atomic E-state index is 13.1. The predicted molar refractivity (Wildman–Crippen MR) is 153 cm³/mol. The number of thiocarbonyl (C=S) groups is 1. The molecule has 1 N–H and O–H groups in total. The lowest BCUT2D eigenvalue weighted by atomic mass is 10.2. The molecule has 2 amide bonds. The van der Waals surface area contributed by atoms with Crippen LogP contribution < -0.4 is 19.9 Å². The van der Waals surface area contributed by atoms with E-state index in [1.807, 2.05) is 49.3 Å². The molecular weight excluding hydrogens is 537 g/mol. The van der Waals surface area contributed by atoms with Crippen molar-refractivity contribution < 1.29 is 14.3 Å². The fraction of sp³-hybridized carbons (Fsp3) is 0.115. The molecule has 0 radical (unpaired) electrons. The zero-order valence-electron chi connectivity index (χ0n) is 19.3. The summed E-state index contributed by atoms with van der Waals surface area (Å²) in [6.45, 7) is -0.215. The van der Waals surface area contributed by atoms with Gasteiger partial charge in [0.05, 0.1) is 21.3 Å². The molecule has 184 valence electrons. The van der Waals surface area contributed by atoms with Crippen molar-refractivity contribution in [1.29, 1.82) is 0 Å². The van der Waals surface area contributed by atoms with Crippen LogP contribution in [0.4, 0.5) is 17.1 Å². The number of anilines is 3. The minimum Gasteiger partial charge on any atom is -0.484 e. The Labute approximate surface area is 228 Å². The van der Waals surface area contributed by atoms with E-state index in [9.17, 15) is 9.59 Å². The van der Waals surface area contributed by atoms with Gasteiger partial charge in [0.15, 0.2) is 10.9 Å². The average Bonchev–Trinajstić information content (AvgIpc) is 3.12. The second kappa shape index (κ2) is 11.3. The third-order valence-corrected chi connectivity index (χ3v) is 7.00. The smallest absolute Gasteiger partial charge is 0.270 e. The summed E-state index contributed by atoms with van der Waals surface area (Å²) in [6, 6.07) is 19.5. The zero-order chi connectivity index (χ0) is 25.8. The summed E-state index contributed by atoms with van der Waals surface area (Å²) in [6.07, 6.45) is 1.76. The highest BCUT2D eigenvalue weighted by molar-refractivity contribution is 8.27. The van der Waals surface area contributed by atoms with Gasteiger partial charge in [0.2, 0.25) is 0 Å². The highest BCUT2D eigenvalue weighted by atomic mass is 35.5. The molecular formula is C26H21Cl2N3O3S2. The lowest BCUT2D eigenvalue weighted by molar-refractivity contribution is -0.118. The second-order valence-corrected chi connectivity index (χ2v) is 10.5. The van der Waals surface area contributed by atoms with E-state index in [0.717, 1.165) is 16.9 Å². The van der Waals surface area contributed by atoms with Crippen LogP contribution in [0.2, 0.25) is 10.0 Å². The SMILES string of the molecule is CN(C)c1ccc(N2C(=O)/C(=C/c3cccc(OCC(=O)Nc4ccc(Cl)cc4Cl)c3)SC2=S)cc1. The molecule has 0 unspecified atom stereocenters. The third kappa shape index (κ3) is 6.20. The number of carbonyl (C=O) groups excluding carboxylic acids is 2. The van der Waals surface area contributed by atoms with E-state index in [0.29, 0.717) is 30.7 Å². The van der Waals surface area contributed by atoms with Gasteiger partial charge in [-0.05, 0) is 66.2 Å². The van der Waals surface area contributed by atoms with Gasteiger partial charge < -0.3 is 15.0 Å². The molecule has 0 saturated carbocycles. The number of hydrogen-bond donors (Lipinski definition) is 1. The number of thioether (sulfide) groups is 1. The van der Waals surface area contributed by atoms with Gasteiger partial charge in [0, 0.05) is 24.8 Å². The van der Waals surface area contributed by atoms with Crippen molar-refractivity contribution in [3.05, 3.63) is 87.2 Å². The second-order valence-electron chi connectivity index (χ2n) is 7.96. The van der Waals surface area contributed by atoms with Gasteiger partial charge in [-0.1, -0.05) is 59.3 Å². The first-order valence-electron chi connectivity index (χ1n) is 10.7. The van der Waals surface area contributed by atoms with Gasteiger partial charge in [0.25, 0.3) is 11.8 Å². The molecule has 1 aliphatic heterocycles. The first-order valence-corrected chi connectivity index (χ1v) is 12.7. The van der Waals surface area contributed by atoms with Crippen molar-refractivity contribution in [2.24, 2.45) is 0 Å². The Morgan fingerprint density at radius 1 is 1.11 bits per heavy atom. The van der Waals surface area contributed by atoms with Gasteiger partial charge in [0.1, 0.15) is 5.75 Å². The Kier molecular flexibility index (Phi) is 8.21. The summed E-state index contributed by atoms with van der Waals surface area (Å²) in [5.74, 6) is -0.0743. The van der Waals surface area contributed by atoms with E-state index in [2.05, 4.69) is 5.32 Å². The van der Waals surface area contributed by atoms with E-state index >= 15 is 0 Å². The van der Waals surface area contributed by atoms with Crippen LogP contribution in [-0.4, -0.2) is 36.8 Å². The van der Waals surface area contributed by atoms with Gasteiger partial charge in [-0.2, -0.15) is 0 Å². The van der Waals surface area contributed by atoms with Gasteiger partial charge in [-0.3, -0.25) is 14.5 Å². The number of amides is 2. The van der Waals surface area contributed by atoms with E-state index < -0.39 is 0 Å². The summed E-state index contributed by atoms with van der Waals surface area (Å²) in [5, 5.41) is 3.50. The number of nitrogens with zero attached hydrogens (tertiary/aromatic N) is 2. The lowest BCUT2D eigenvalue weighted by Gasteiger charge is -2.17. The van der Waals surface area contributed by atoms with Crippen LogP contribution >= 0.6 is 47.2 Å².